The SMILES string of the molecule is COCC(Cl)CN(C)c1nccc2c(OC)cccc12. The quantitative estimate of drug-likeness (QED) is 0.767. The van der Waals surface area contributed by atoms with Gasteiger partial charge in [-0.25, -0.2) is 4.98 Å². The van der Waals surface area contributed by atoms with Crippen molar-refractivity contribution in [3.05, 3.63) is 30.5 Å². The van der Waals surface area contributed by atoms with Crippen molar-refractivity contribution in [2.45, 2.75) is 5.38 Å². The molecule has 1 aromatic heterocycles. The van der Waals surface area contributed by atoms with Crippen molar-refractivity contribution >= 4 is 28.2 Å². The van der Waals surface area contributed by atoms with Gasteiger partial charge in [-0.3, -0.25) is 0 Å². The maximum atomic E-state index is 6.22. The molecule has 5 heteroatoms. The summed E-state index contributed by atoms with van der Waals surface area (Å²) in [5.74, 6) is 1.74. The lowest BCUT2D eigenvalue weighted by Crippen LogP contribution is -2.29. The first-order chi connectivity index (χ1) is 9.67. The molecule has 0 N–H and O–H groups in total. The molecule has 0 aliphatic heterocycles. The third kappa shape index (κ3) is 3.14. The predicted octanol–water partition coefficient (Wildman–Crippen LogP) is 2.93. The summed E-state index contributed by atoms with van der Waals surface area (Å²) in [4.78, 5) is 6.51. The highest BCUT2D eigenvalue weighted by atomic mass is 35.5. The fourth-order valence-electron chi connectivity index (χ4n) is 2.26. The molecule has 0 aliphatic rings. The van der Waals surface area contributed by atoms with Gasteiger partial charge < -0.3 is 14.4 Å². The number of methoxy groups -OCH3 is 2. The minimum atomic E-state index is -0.0762. The Morgan fingerprint density at radius 2 is 2.05 bits per heavy atom. The molecule has 0 saturated carbocycles. The highest BCUT2D eigenvalue weighted by molar-refractivity contribution is 6.21. The van der Waals surface area contributed by atoms with Crippen molar-refractivity contribution in [1.29, 1.82) is 0 Å². The highest BCUT2D eigenvalue weighted by Crippen LogP contribution is 2.30. The summed E-state index contributed by atoms with van der Waals surface area (Å²) in [5, 5.41) is 2.02. The van der Waals surface area contributed by atoms with E-state index in [1.165, 1.54) is 0 Å². The summed E-state index contributed by atoms with van der Waals surface area (Å²) in [7, 11) is 5.30. The number of hydrogen-bond acceptors (Lipinski definition) is 4. The number of benzene rings is 1. The standard InChI is InChI=1S/C15H19ClN2O2/c1-18(9-11(16)10-19-2)15-13-5-4-6-14(20-3)12(13)7-8-17-15/h4-8,11H,9-10H2,1-3H3. The van der Waals surface area contributed by atoms with Gasteiger partial charge in [0.25, 0.3) is 0 Å². The first-order valence-electron chi connectivity index (χ1n) is 6.43. The minimum Gasteiger partial charge on any atom is -0.496 e. The van der Waals surface area contributed by atoms with E-state index in [1.54, 1.807) is 20.4 Å². The van der Waals surface area contributed by atoms with Crippen molar-refractivity contribution in [2.24, 2.45) is 0 Å². The van der Waals surface area contributed by atoms with Crippen molar-refractivity contribution < 1.29 is 9.47 Å². The third-order valence-corrected chi connectivity index (χ3v) is 3.41. The second-order valence-electron chi connectivity index (χ2n) is 4.62. The van der Waals surface area contributed by atoms with Gasteiger partial charge in [0.1, 0.15) is 11.6 Å². The topological polar surface area (TPSA) is 34.6 Å². The van der Waals surface area contributed by atoms with Crippen molar-refractivity contribution in [1.82, 2.24) is 4.98 Å². The van der Waals surface area contributed by atoms with Crippen LogP contribution in [-0.2, 0) is 4.74 Å². The molecular weight excluding hydrogens is 276 g/mol. The van der Waals surface area contributed by atoms with Crippen LogP contribution in [0.25, 0.3) is 10.8 Å². The van der Waals surface area contributed by atoms with Crippen LogP contribution < -0.4 is 9.64 Å². The molecule has 0 aliphatic carbocycles. The Balaban J connectivity index is 2.34. The van der Waals surface area contributed by atoms with E-state index in [4.69, 9.17) is 21.1 Å². The predicted molar refractivity (Wildman–Crippen MR) is 83.1 cm³/mol. The van der Waals surface area contributed by atoms with Crippen LogP contribution in [0.3, 0.4) is 0 Å². The molecule has 2 rings (SSSR count). The smallest absolute Gasteiger partial charge is 0.136 e. The van der Waals surface area contributed by atoms with Gasteiger partial charge in [-0.2, -0.15) is 0 Å². The number of halogens is 1. The molecule has 1 aromatic carbocycles. The molecule has 1 atom stereocenters. The fourth-order valence-corrected chi connectivity index (χ4v) is 2.60. The van der Waals surface area contributed by atoms with Crippen LogP contribution in [-0.4, -0.2) is 44.8 Å². The monoisotopic (exact) mass is 294 g/mol. The Bertz CT molecular complexity index is 577. The van der Waals surface area contributed by atoms with Crippen LogP contribution >= 0.6 is 11.6 Å². The van der Waals surface area contributed by atoms with Gasteiger partial charge in [-0.05, 0) is 12.1 Å². The van der Waals surface area contributed by atoms with Gasteiger partial charge in [0.2, 0.25) is 0 Å². The first-order valence-corrected chi connectivity index (χ1v) is 6.87. The van der Waals surface area contributed by atoms with Gasteiger partial charge in [-0.15, -0.1) is 11.6 Å². The molecule has 20 heavy (non-hydrogen) atoms. The van der Waals surface area contributed by atoms with Crippen molar-refractivity contribution in [2.75, 3.05) is 39.3 Å². The van der Waals surface area contributed by atoms with E-state index >= 15 is 0 Å². The van der Waals surface area contributed by atoms with Gasteiger partial charge in [-0.1, -0.05) is 12.1 Å². The van der Waals surface area contributed by atoms with Crippen molar-refractivity contribution in [3.8, 4) is 5.75 Å². The van der Waals surface area contributed by atoms with E-state index in [9.17, 15) is 0 Å². The number of ether oxygens (including phenoxy) is 2. The van der Waals surface area contributed by atoms with Gasteiger partial charge >= 0.3 is 0 Å². The molecule has 108 valence electrons. The molecule has 0 bridgehead atoms. The van der Waals surface area contributed by atoms with Crippen LogP contribution in [0.15, 0.2) is 30.5 Å². The van der Waals surface area contributed by atoms with E-state index in [-0.39, 0.29) is 5.38 Å². The molecule has 0 radical (unpaired) electrons. The van der Waals surface area contributed by atoms with Crippen LogP contribution in [0.2, 0.25) is 0 Å². The number of aromatic nitrogens is 1. The molecule has 4 nitrogen and oxygen atoms in total. The molecule has 0 saturated heterocycles. The third-order valence-electron chi connectivity index (χ3n) is 3.15. The number of fused-ring (bicyclic) bond motifs is 1. The lowest BCUT2D eigenvalue weighted by molar-refractivity contribution is 0.199. The minimum absolute atomic E-state index is 0.0762. The van der Waals surface area contributed by atoms with Gasteiger partial charge in [0.05, 0.1) is 19.1 Å². The van der Waals surface area contributed by atoms with E-state index in [1.807, 2.05) is 36.2 Å². The fraction of sp³-hybridized carbons (Fsp3) is 0.400. The van der Waals surface area contributed by atoms with Gasteiger partial charge in [0.15, 0.2) is 0 Å². The lowest BCUT2D eigenvalue weighted by Gasteiger charge is -2.22. The summed E-state index contributed by atoms with van der Waals surface area (Å²) < 4.78 is 10.5. The zero-order valence-corrected chi connectivity index (χ0v) is 12.7. The first kappa shape index (κ1) is 14.9. The highest BCUT2D eigenvalue weighted by Gasteiger charge is 2.13. The Kier molecular flexibility index (Phi) is 5.04. The molecular formula is C15H19ClN2O2. The van der Waals surface area contributed by atoms with Crippen LogP contribution in [0.1, 0.15) is 0 Å². The Hall–Kier alpha value is -1.52. The lowest BCUT2D eigenvalue weighted by atomic mass is 10.1. The zero-order chi connectivity index (χ0) is 14.5. The summed E-state index contributed by atoms with van der Waals surface area (Å²) in [6.07, 6.45) is 1.79. The average molecular weight is 295 g/mol. The second kappa shape index (κ2) is 6.77. The van der Waals surface area contributed by atoms with Gasteiger partial charge in [0, 0.05) is 37.7 Å². The van der Waals surface area contributed by atoms with E-state index < -0.39 is 0 Å². The normalized spacial score (nSPS) is 12.4. The number of nitrogens with zero attached hydrogens (tertiary/aromatic N) is 2. The van der Waals surface area contributed by atoms with E-state index in [2.05, 4.69) is 4.98 Å². The second-order valence-corrected chi connectivity index (χ2v) is 5.24. The Morgan fingerprint density at radius 3 is 2.75 bits per heavy atom. The molecule has 2 aromatic rings. The average Bonchev–Trinajstić information content (AvgIpc) is 2.46. The molecule has 1 heterocycles. The van der Waals surface area contributed by atoms with Crippen LogP contribution in [0.5, 0.6) is 5.75 Å². The Labute approximate surface area is 124 Å². The van der Waals surface area contributed by atoms with Crippen molar-refractivity contribution in [3.63, 3.8) is 0 Å². The van der Waals surface area contributed by atoms with E-state index in [0.717, 1.165) is 22.3 Å². The maximum absolute atomic E-state index is 6.22. The number of anilines is 1. The summed E-state index contributed by atoms with van der Waals surface area (Å²) in [6.45, 7) is 1.18. The van der Waals surface area contributed by atoms with Crippen LogP contribution in [0, 0.1) is 0 Å². The Morgan fingerprint density at radius 1 is 1.25 bits per heavy atom. The van der Waals surface area contributed by atoms with E-state index in [0.29, 0.717) is 13.2 Å². The maximum Gasteiger partial charge on any atom is 0.136 e. The zero-order valence-electron chi connectivity index (χ0n) is 12.0. The summed E-state index contributed by atoms with van der Waals surface area (Å²) in [5.41, 5.74) is 0. The van der Waals surface area contributed by atoms with Crippen LogP contribution in [0.4, 0.5) is 5.82 Å². The number of rotatable bonds is 6. The molecule has 0 spiro atoms. The number of hydrogen-bond donors (Lipinski definition) is 0. The summed E-state index contributed by atoms with van der Waals surface area (Å²) in [6, 6.07) is 7.91. The largest absolute Gasteiger partial charge is 0.496 e. The number of alkyl halides is 1. The summed E-state index contributed by atoms with van der Waals surface area (Å²) >= 11 is 6.22. The molecule has 1 unspecified atom stereocenters. The molecule has 0 fully saturated rings. The number of pyridine rings is 1. The molecule has 0 amide bonds.